The Hall–Kier alpha value is -2.40. The van der Waals surface area contributed by atoms with E-state index in [1.165, 1.54) is 5.56 Å². The van der Waals surface area contributed by atoms with Gasteiger partial charge in [0.1, 0.15) is 6.61 Å². The lowest BCUT2D eigenvalue weighted by Gasteiger charge is -2.28. The van der Waals surface area contributed by atoms with Crippen LogP contribution in [0.3, 0.4) is 0 Å². The van der Waals surface area contributed by atoms with Crippen molar-refractivity contribution in [3.05, 3.63) is 53.2 Å². The summed E-state index contributed by atoms with van der Waals surface area (Å²) in [6.45, 7) is 7.63. The van der Waals surface area contributed by atoms with Gasteiger partial charge in [-0.3, -0.25) is 4.79 Å². The molecule has 28 heavy (non-hydrogen) atoms. The Morgan fingerprint density at radius 2 is 1.96 bits per heavy atom. The van der Waals surface area contributed by atoms with Crippen LogP contribution in [-0.4, -0.2) is 30.7 Å². The third kappa shape index (κ3) is 4.53. The summed E-state index contributed by atoms with van der Waals surface area (Å²) in [5.41, 5.74) is 3.45. The summed E-state index contributed by atoms with van der Waals surface area (Å²) in [6.07, 6.45) is 5.58. The second kappa shape index (κ2) is 9.20. The smallest absolute Gasteiger partial charge is 0.235 e. The molecule has 0 unspecified atom stereocenters. The SMILES string of the molecule is CCOCCOc1ncc(NC(=O)C2(c3cccc(C)c3)CCCC2)cc1C. The quantitative estimate of drug-likeness (QED) is 0.680. The molecule has 1 aromatic heterocycles. The number of nitrogens with one attached hydrogen (secondary N) is 1. The van der Waals surface area contributed by atoms with Gasteiger partial charge in [0.25, 0.3) is 0 Å². The summed E-state index contributed by atoms with van der Waals surface area (Å²) in [5.74, 6) is 0.633. The van der Waals surface area contributed by atoms with Gasteiger partial charge in [-0.05, 0) is 45.2 Å². The van der Waals surface area contributed by atoms with Crippen LogP contribution in [0, 0.1) is 13.8 Å². The Morgan fingerprint density at radius 3 is 2.64 bits per heavy atom. The number of aryl methyl sites for hydroxylation is 2. The van der Waals surface area contributed by atoms with Crippen LogP contribution in [0.5, 0.6) is 5.88 Å². The molecule has 0 bridgehead atoms. The lowest BCUT2D eigenvalue weighted by molar-refractivity contribution is -0.121. The van der Waals surface area contributed by atoms with E-state index in [0.29, 0.717) is 31.4 Å². The highest BCUT2D eigenvalue weighted by Crippen LogP contribution is 2.42. The number of hydrogen-bond donors (Lipinski definition) is 1. The Kier molecular flexibility index (Phi) is 6.68. The van der Waals surface area contributed by atoms with Crippen LogP contribution >= 0.6 is 0 Å². The molecule has 150 valence electrons. The van der Waals surface area contributed by atoms with Gasteiger partial charge in [-0.2, -0.15) is 0 Å². The first-order valence-corrected chi connectivity index (χ1v) is 10.1. The van der Waals surface area contributed by atoms with Gasteiger partial charge in [-0.1, -0.05) is 42.7 Å². The fourth-order valence-corrected chi connectivity index (χ4v) is 3.94. The van der Waals surface area contributed by atoms with E-state index in [1.807, 2.05) is 26.0 Å². The molecule has 0 spiro atoms. The van der Waals surface area contributed by atoms with E-state index >= 15 is 0 Å². The van der Waals surface area contributed by atoms with Gasteiger partial charge in [0.15, 0.2) is 0 Å². The molecule has 2 aromatic rings. The molecule has 1 saturated carbocycles. The van der Waals surface area contributed by atoms with Crippen LogP contribution < -0.4 is 10.1 Å². The Labute approximate surface area is 167 Å². The van der Waals surface area contributed by atoms with Gasteiger partial charge in [0, 0.05) is 12.2 Å². The second-order valence-electron chi connectivity index (χ2n) is 7.50. The molecule has 1 amide bonds. The largest absolute Gasteiger partial charge is 0.475 e. The third-order valence-electron chi connectivity index (χ3n) is 5.42. The summed E-state index contributed by atoms with van der Waals surface area (Å²) in [4.78, 5) is 17.7. The van der Waals surface area contributed by atoms with Gasteiger partial charge in [-0.25, -0.2) is 4.98 Å². The van der Waals surface area contributed by atoms with Crippen molar-refractivity contribution in [1.82, 2.24) is 4.98 Å². The van der Waals surface area contributed by atoms with Crippen molar-refractivity contribution < 1.29 is 14.3 Å². The molecule has 1 aromatic carbocycles. The first-order chi connectivity index (χ1) is 13.5. The third-order valence-corrected chi connectivity index (χ3v) is 5.42. The molecule has 5 nitrogen and oxygen atoms in total. The molecule has 5 heteroatoms. The normalized spacial score (nSPS) is 15.4. The highest BCUT2D eigenvalue weighted by Gasteiger charge is 2.42. The van der Waals surface area contributed by atoms with E-state index in [1.54, 1.807) is 6.20 Å². The fraction of sp³-hybridized carbons (Fsp3) is 0.478. The predicted molar refractivity (Wildman–Crippen MR) is 111 cm³/mol. The molecule has 1 heterocycles. The highest BCUT2D eigenvalue weighted by molar-refractivity contribution is 5.99. The van der Waals surface area contributed by atoms with Crippen molar-refractivity contribution >= 4 is 11.6 Å². The number of ether oxygens (including phenoxy) is 2. The summed E-state index contributed by atoms with van der Waals surface area (Å²) >= 11 is 0. The highest BCUT2D eigenvalue weighted by atomic mass is 16.5. The molecule has 1 aliphatic rings. The van der Waals surface area contributed by atoms with E-state index in [0.717, 1.165) is 36.8 Å². The van der Waals surface area contributed by atoms with Gasteiger partial charge in [-0.15, -0.1) is 0 Å². The van der Waals surface area contributed by atoms with Gasteiger partial charge < -0.3 is 14.8 Å². The summed E-state index contributed by atoms with van der Waals surface area (Å²) < 4.78 is 10.9. The van der Waals surface area contributed by atoms with Crippen molar-refractivity contribution in [2.45, 2.75) is 51.9 Å². The Bertz CT molecular complexity index is 813. The van der Waals surface area contributed by atoms with Crippen LogP contribution in [0.1, 0.15) is 49.3 Å². The van der Waals surface area contributed by atoms with Crippen molar-refractivity contribution in [2.24, 2.45) is 0 Å². The van der Waals surface area contributed by atoms with Gasteiger partial charge in [0.2, 0.25) is 11.8 Å². The number of benzene rings is 1. The van der Waals surface area contributed by atoms with Crippen LogP contribution in [0.2, 0.25) is 0 Å². The van der Waals surface area contributed by atoms with E-state index in [2.05, 4.69) is 35.4 Å². The lowest BCUT2D eigenvalue weighted by atomic mass is 9.77. The number of carbonyl (C=O) groups is 1. The van der Waals surface area contributed by atoms with Crippen molar-refractivity contribution in [3.63, 3.8) is 0 Å². The maximum Gasteiger partial charge on any atom is 0.235 e. The summed E-state index contributed by atoms with van der Waals surface area (Å²) in [5, 5.41) is 3.11. The average molecular weight is 383 g/mol. The molecular formula is C23H30N2O3. The number of anilines is 1. The molecule has 1 N–H and O–H groups in total. The second-order valence-corrected chi connectivity index (χ2v) is 7.50. The van der Waals surface area contributed by atoms with E-state index in [4.69, 9.17) is 9.47 Å². The number of aromatic nitrogens is 1. The first kappa shape index (κ1) is 20.3. The van der Waals surface area contributed by atoms with E-state index < -0.39 is 5.41 Å². The number of carbonyl (C=O) groups excluding carboxylic acids is 1. The van der Waals surface area contributed by atoms with Crippen LogP contribution in [0.15, 0.2) is 36.5 Å². The zero-order valence-corrected chi connectivity index (χ0v) is 17.1. The maximum absolute atomic E-state index is 13.3. The zero-order valence-electron chi connectivity index (χ0n) is 17.1. The monoisotopic (exact) mass is 382 g/mol. The summed E-state index contributed by atoms with van der Waals surface area (Å²) in [7, 11) is 0. The minimum absolute atomic E-state index is 0.0572. The molecule has 0 atom stereocenters. The van der Waals surface area contributed by atoms with Crippen molar-refractivity contribution in [3.8, 4) is 5.88 Å². The maximum atomic E-state index is 13.3. The number of pyridine rings is 1. The Morgan fingerprint density at radius 1 is 1.18 bits per heavy atom. The van der Waals surface area contributed by atoms with E-state index in [-0.39, 0.29) is 5.91 Å². The average Bonchev–Trinajstić information content (AvgIpc) is 3.18. The van der Waals surface area contributed by atoms with Crippen molar-refractivity contribution in [2.75, 3.05) is 25.1 Å². The molecule has 0 aliphatic heterocycles. The standard InChI is InChI=1S/C23H30N2O3/c1-4-27-12-13-28-21-18(3)15-20(16-24-21)25-22(26)23(10-5-6-11-23)19-9-7-8-17(2)14-19/h7-9,14-16H,4-6,10-13H2,1-3H3,(H,25,26). The molecular weight excluding hydrogens is 352 g/mol. The zero-order chi connectivity index (χ0) is 20.0. The van der Waals surface area contributed by atoms with Crippen LogP contribution in [0.4, 0.5) is 5.69 Å². The molecule has 1 aliphatic carbocycles. The van der Waals surface area contributed by atoms with Crippen molar-refractivity contribution in [1.29, 1.82) is 0 Å². The number of amides is 1. The Balaban J connectivity index is 1.73. The van der Waals surface area contributed by atoms with Crippen LogP contribution in [0.25, 0.3) is 0 Å². The lowest BCUT2D eigenvalue weighted by Crippen LogP contribution is -2.38. The van der Waals surface area contributed by atoms with Gasteiger partial charge >= 0.3 is 0 Å². The van der Waals surface area contributed by atoms with E-state index in [9.17, 15) is 4.79 Å². The topological polar surface area (TPSA) is 60.5 Å². The minimum atomic E-state index is -0.452. The molecule has 1 fully saturated rings. The first-order valence-electron chi connectivity index (χ1n) is 10.1. The molecule has 3 rings (SSSR count). The molecule has 0 saturated heterocycles. The molecule has 0 radical (unpaired) electrons. The number of nitrogens with zero attached hydrogens (tertiary/aromatic N) is 1. The number of rotatable bonds is 8. The number of hydrogen-bond acceptors (Lipinski definition) is 4. The summed E-state index contributed by atoms with van der Waals surface area (Å²) in [6, 6.07) is 10.2. The fourth-order valence-electron chi connectivity index (χ4n) is 3.94. The van der Waals surface area contributed by atoms with Crippen LogP contribution in [-0.2, 0) is 14.9 Å². The minimum Gasteiger partial charge on any atom is -0.475 e. The van der Waals surface area contributed by atoms with Gasteiger partial charge in [0.05, 0.1) is 23.9 Å². The predicted octanol–water partition coefficient (Wildman–Crippen LogP) is 4.56.